The number of nitrogens with one attached hydrogen (secondary N) is 2. The summed E-state index contributed by atoms with van der Waals surface area (Å²) in [5.41, 5.74) is 1.26. The van der Waals surface area contributed by atoms with Gasteiger partial charge in [-0.1, -0.05) is 47.6 Å². The zero-order valence-corrected chi connectivity index (χ0v) is 19.9. The number of hydrogen-bond donors (Lipinski definition) is 3. The van der Waals surface area contributed by atoms with Crippen LogP contribution in [0.3, 0.4) is 0 Å². The van der Waals surface area contributed by atoms with Crippen LogP contribution in [0, 0.1) is 11.6 Å². The van der Waals surface area contributed by atoms with Crippen LogP contribution in [-0.2, 0) is 16.1 Å². The van der Waals surface area contributed by atoms with Crippen molar-refractivity contribution >= 4 is 24.0 Å². The third-order valence-corrected chi connectivity index (χ3v) is 5.47. The Bertz CT molecular complexity index is 1220. The van der Waals surface area contributed by atoms with E-state index in [0.29, 0.717) is 5.69 Å². The maximum Gasteiger partial charge on any atom is 0.414 e. The van der Waals surface area contributed by atoms with Crippen LogP contribution in [-0.4, -0.2) is 53.0 Å². The molecule has 10 nitrogen and oxygen atoms in total. The number of anilines is 1. The molecule has 0 aliphatic heterocycles. The lowest BCUT2D eigenvalue weighted by atomic mass is 10.1. The highest BCUT2D eigenvalue weighted by Gasteiger charge is 2.23. The van der Waals surface area contributed by atoms with E-state index in [0.717, 1.165) is 11.6 Å². The zero-order chi connectivity index (χ0) is 26.8. The Kier molecular flexibility index (Phi) is 9.53. The van der Waals surface area contributed by atoms with E-state index in [-0.39, 0.29) is 43.9 Å². The van der Waals surface area contributed by atoms with E-state index in [4.69, 9.17) is 14.4 Å². The quantitative estimate of drug-likeness (QED) is 0.338. The minimum Gasteiger partial charge on any atom is -0.481 e. The van der Waals surface area contributed by atoms with E-state index in [1.165, 1.54) is 30.1 Å². The summed E-state index contributed by atoms with van der Waals surface area (Å²) in [4.78, 5) is 37.1. The molecular weight excluding hydrogens is 490 g/mol. The summed E-state index contributed by atoms with van der Waals surface area (Å²) in [5.74, 6) is -3.06. The normalized spacial score (nSPS) is 11.4. The van der Waals surface area contributed by atoms with Crippen molar-refractivity contribution in [3.63, 3.8) is 0 Å². The standard InChI is InChI=1S/C25H26F2N4O6/c1-31(24(34)28-14-17-9-5-11-19(26)23(17)27)18(10-6-12-22(32)33)15-36-25(35)29-21-13-20(30-37-21)16-7-3-2-4-8-16/h2-5,7-9,11,13,18H,6,10,12,14-15H2,1H3,(H,28,34)(H,29,35)(H,32,33)/t18-/m0/s1. The molecule has 0 fully saturated rings. The van der Waals surface area contributed by atoms with Gasteiger partial charge in [-0.2, -0.15) is 0 Å². The molecule has 196 valence electrons. The van der Waals surface area contributed by atoms with Gasteiger partial charge in [0.05, 0.1) is 6.04 Å². The molecule has 0 bridgehead atoms. The van der Waals surface area contributed by atoms with Gasteiger partial charge >= 0.3 is 18.1 Å². The van der Waals surface area contributed by atoms with E-state index < -0.39 is 35.8 Å². The van der Waals surface area contributed by atoms with Gasteiger partial charge in [0.15, 0.2) is 11.6 Å². The van der Waals surface area contributed by atoms with E-state index in [2.05, 4.69) is 15.8 Å². The number of hydrogen-bond acceptors (Lipinski definition) is 6. The first-order valence-corrected chi connectivity index (χ1v) is 11.4. The van der Waals surface area contributed by atoms with Gasteiger partial charge in [-0.15, -0.1) is 0 Å². The second-order valence-electron chi connectivity index (χ2n) is 8.09. The summed E-state index contributed by atoms with van der Waals surface area (Å²) in [5, 5.41) is 17.7. The molecule has 1 aromatic heterocycles. The largest absolute Gasteiger partial charge is 0.481 e. The van der Waals surface area contributed by atoms with Gasteiger partial charge in [0.1, 0.15) is 12.3 Å². The molecule has 3 N–H and O–H groups in total. The molecule has 0 radical (unpaired) electrons. The Labute approximate surface area is 211 Å². The van der Waals surface area contributed by atoms with Crippen molar-refractivity contribution in [2.45, 2.75) is 31.8 Å². The van der Waals surface area contributed by atoms with E-state index in [1.807, 2.05) is 30.3 Å². The zero-order valence-electron chi connectivity index (χ0n) is 19.9. The van der Waals surface area contributed by atoms with Crippen molar-refractivity contribution in [1.29, 1.82) is 0 Å². The average Bonchev–Trinajstić information content (AvgIpc) is 3.35. The Balaban J connectivity index is 1.57. The molecule has 2 aromatic carbocycles. The fraction of sp³-hybridized carbons (Fsp3) is 0.280. The van der Waals surface area contributed by atoms with Gasteiger partial charge in [0.2, 0.25) is 5.88 Å². The van der Waals surface area contributed by atoms with Crippen LogP contribution in [0.15, 0.2) is 59.1 Å². The van der Waals surface area contributed by atoms with Crippen molar-refractivity contribution in [3.8, 4) is 11.3 Å². The number of carbonyl (C=O) groups is 3. The Morgan fingerprint density at radius 2 is 1.89 bits per heavy atom. The topological polar surface area (TPSA) is 134 Å². The number of aromatic nitrogens is 1. The second-order valence-corrected chi connectivity index (χ2v) is 8.09. The Morgan fingerprint density at radius 1 is 1.14 bits per heavy atom. The highest BCUT2D eigenvalue weighted by Crippen LogP contribution is 2.21. The fourth-order valence-corrected chi connectivity index (χ4v) is 3.41. The maximum absolute atomic E-state index is 13.9. The Morgan fingerprint density at radius 3 is 2.62 bits per heavy atom. The van der Waals surface area contributed by atoms with Crippen molar-refractivity contribution in [2.24, 2.45) is 0 Å². The second kappa shape index (κ2) is 13.0. The van der Waals surface area contributed by atoms with Crippen LogP contribution in [0.1, 0.15) is 24.8 Å². The molecule has 3 amide bonds. The first kappa shape index (κ1) is 27.1. The fourth-order valence-electron chi connectivity index (χ4n) is 3.41. The van der Waals surface area contributed by atoms with Crippen LogP contribution in [0.25, 0.3) is 11.3 Å². The molecule has 37 heavy (non-hydrogen) atoms. The number of halogens is 2. The number of nitrogens with zero attached hydrogens (tertiary/aromatic N) is 2. The molecule has 0 unspecified atom stereocenters. The molecule has 0 saturated carbocycles. The monoisotopic (exact) mass is 516 g/mol. The number of carbonyl (C=O) groups excluding carboxylic acids is 2. The number of aliphatic carboxylic acids is 1. The number of benzene rings is 2. The number of likely N-dealkylation sites (N-methyl/N-ethyl adjacent to an activating group) is 1. The third-order valence-electron chi connectivity index (χ3n) is 5.47. The van der Waals surface area contributed by atoms with Crippen LogP contribution in [0.4, 0.5) is 24.3 Å². The molecule has 12 heteroatoms. The SMILES string of the molecule is CN(C(=O)NCc1cccc(F)c1F)[C@@H](CCCC(=O)O)COC(=O)Nc1cc(-c2ccccc2)no1. The number of carboxylic acid groups (broad SMARTS) is 1. The molecule has 0 aliphatic rings. The predicted molar refractivity (Wildman–Crippen MR) is 129 cm³/mol. The molecule has 1 heterocycles. The minimum atomic E-state index is -1.06. The maximum atomic E-state index is 13.9. The van der Waals surface area contributed by atoms with Crippen molar-refractivity contribution in [3.05, 3.63) is 71.8 Å². The van der Waals surface area contributed by atoms with Gasteiger partial charge in [-0.3, -0.25) is 10.1 Å². The van der Waals surface area contributed by atoms with Crippen molar-refractivity contribution < 1.29 is 37.5 Å². The van der Waals surface area contributed by atoms with Gasteiger partial charge < -0.3 is 24.6 Å². The lowest BCUT2D eigenvalue weighted by Gasteiger charge is -2.28. The first-order valence-electron chi connectivity index (χ1n) is 11.4. The molecule has 1 atom stereocenters. The highest BCUT2D eigenvalue weighted by atomic mass is 19.2. The molecule has 0 aliphatic carbocycles. The molecule has 0 spiro atoms. The number of ether oxygens (including phenoxy) is 1. The summed E-state index contributed by atoms with van der Waals surface area (Å²) in [6.07, 6.45) is -0.593. The van der Waals surface area contributed by atoms with E-state index in [1.54, 1.807) is 0 Å². The lowest BCUT2D eigenvalue weighted by Crippen LogP contribution is -2.46. The van der Waals surface area contributed by atoms with Crippen LogP contribution in [0.2, 0.25) is 0 Å². The highest BCUT2D eigenvalue weighted by molar-refractivity contribution is 5.83. The van der Waals surface area contributed by atoms with Crippen LogP contribution in [0.5, 0.6) is 0 Å². The summed E-state index contributed by atoms with van der Waals surface area (Å²) in [6.45, 7) is -0.533. The van der Waals surface area contributed by atoms with Crippen LogP contribution < -0.4 is 10.6 Å². The van der Waals surface area contributed by atoms with Gasteiger partial charge in [-0.25, -0.2) is 18.4 Å². The van der Waals surface area contributed by atoms with Gasteiger partial charge in [0, 0.05) is 37.2 Å². The van der Waals surface area contributed by atoms with Gasteiger partial charge in [0.25, 0.3) is 0 Å². The van der Waals surface area contributed by atoms with E-state index >= 15 is 0 Å². The average molecular weight is 517 g/mol. The number of rotatable bonds is 11. The number of amides is 3. The lowest BCUT2D eigenvalue weighted by molar-refractivity contribution is -0.137. The molecule has 0 saturated heterocycles. The Hall–Kier alpha value is -4.48. The number of carboxylic acids is 1. The predicted octanol–water partition coefficient (Wildman–Crippen LogP) is 4.63. The summed E-state index contributed by atoms with van der Waals surface area (Å²) in [7, 11) is 1.42. The molecule has 3 rings (SSSR count). The summed E-state index contributed by atoms with van der Waals surface area (Å²) >= 11 is 0. The minimum absolute atomic E-state index is 0.0401. The van der Waals surface area contributed by atoms with Crippen molar-refractivity contribution in [2.75, 3.05) is 19.0 Å². The van der Waals surface area contributed by atoms with E-state index in [9.17, 15) is 23.2 Å². The number of urea groups is 1. The van der Waals surface area contributed by atoms with Crippen molar-refractivity contribution in [1.82, 2.24) is 15.4 Å². The third kappa shape index (κ3) is 8.02. The first-order chi connectivity index (χ1) is 17.7. The van der Waals surface area contributed by atoms with Crippen LogP contribution >= 0.6 is 0 Å². The molecular formula is C25H26F2N4O6. The van der Waals surface area contributed by atoms with Gasteiger partial charge in [-0.05, 0) is 18.9 Å². The molecule has 3 aromatic rings. The smallest absolute Gasteiger partial charge is 0.414 e. The summed E-state index contributed by atoms with van der Waals surface area (Å²) < 4.78 is 37.6. The summed E-state index contributed by atoms with van der Waals surface area (Å²) in [6, 6.07) is 13.0.